The minimum atomic E-state index is -0.528. The number of nitrogens with zero attached hydrogens (tertiary/aromatic N) is 2. The summed E-state index contributed by atoms with van der Waals surface area (Å²) in [6, 6.07) is 13.4. The average Bonchev–Trinajstić information content (AvgIpc) is 2.60. The molecule has 0 atom stereocenters. The lowest BCUT2D eigenvalue weighted by atomic mass is 10.1. The summed E-state index contributed by atoms with van der Waals surface area (Å²) in [6.45, 7) is 3.37. The first kappa shape index (κ1) is 17.1. The number of nitrogens with one attached hydrogen (secondary N) is 1. The van der Waals surface area contributed by atoms with Gasteiger partial charge >= 0.3 is 0 Å². The second-order valence-electron chi connectivity index (χ2n) is 4.78. The van der Waals surface area contributed by atoms with E-state index < -0.39 is 4.92 Å². The maximum Gasteiger partial charge on any atom is 0.270 e. The monoisotopic (exact) mass is 327 g/mol. The van der Waals surface area contributed by atoms with Crippen molar-refractivity contribution in [2.75, 3.05) is 25.1 Å². The second-order valence-corrected chi connectivity index (χ2v) is 4.78. The van der Waals surface area contributed by atoms with Gasteiger partial charge in [0.25, 0.3) is 5.69 Å². The fraction of sp³-hybridized carbons (Fsp3) is 0.235. The largest absolute Gasteiger partial charge is 0.494 e. The molecule has 0 aliphatic carbocycles. The molecule has 1 N–H and O–H groups in total. The number of nitro benzene ring substituents is 1. The van der Waals surface area contributed by atoms with Crippen LogP contribution >= 0.6 is 0 Å². The molecule has 24 heavy (non-hydrogen) atoms. The Morgan fingerprint density at radius 2 is 1.83 bits per heavy atom. The van der Waals surface area contributed by atoms with E-state index in [0.29, 0.717) is 31.2 Å². The van der Waals surface area contributed by atoms with Crippen LogP contribution in [0.1, 0.15) is 12.5 Å². The summed E-state index contributed by atoms with van der Waals surface area (Å²) in [5, 5.41) is 22.8. The van der Waals surface area contributed by atoms with Gasteiger partial charge in [-0.25, -0.2) is 0 Å². The van der Waals surface area contributed by atoms with Crippen LogP contribution in [0.4, 0.5) is 11.4 Å². The van der Waals surface area contributed by atoms with Gasteiger partial charge in [-0.1, -0.05) is 0 Å². The van der Waals surface area contributed by atoms with Crippen LogP contribution in [0.3, 0.4) is 0 Å². The van der Waals surface area contributed by atoms with E-state index in [-0.39, 0.29) is 11.3 Å². The predicted molar refractivity (Wildman–Crippen MR) is 89.4 cm³/mol. The van der Waals surface area contributed by atoms with Gasteiger partial charge < -0.3 is 14.8 Å². The number of nitriles is 1. The maximum atomic E-state index is 10.7. The summed E-state index contributed by atoms with van der Waals surface area (Å²) >= 11 is 0. The zero-order valence-corrected chi connectivity index (χ0v) is 13.2. The van der Waals surface area contributed by atoms with Gasteiger partial charge in [-0.05, 0) is 37.3 Å². The molecule has 0 fully saturated rings. The van der Waals surface area contributed by atoms with Gasteiger partial charge in [0.05, 0.1) is 22.8 Å². The summed E-state index contributed by atoms with van der Waals surface area (Å²) in [5.41, 5.74) is 0.659. The van der Waals surface area contributed by atoms with E-state index in [1.165, 1.54) is 18.2 Å². The minimum absolute atomic E-state index is 0.109. The van der Waals surface area contributed by atoms with Crippen LogP contribution in [-0.4, -0.2) is 24.7 Å². The van der Waals surface area contributed by atoms with Crippen molar-refractivity contribution < 1.29 is 14.4 Å². The first-order chi connectivity index (χ1) is 11.6. The molecule has 2 aromatic rings. The second kappa shape index (κ2) is 8.39. The zero-order valence-electron chi connectivity index (χ0n) is 13.2. The predicted octanol–water partition coefficient (Wildman–Crippen LogP) is 3.36. The zero-order chi connectivity index (χ0) is 17.4. The Labute approximate surface area is 139 Å². The molecule has 124 valence electrons. The summed E-state index contributed by atoms with van der Waals surface area (Å²) in [4.78, 5) is 10.2. The number of nitro groups is 1. The Kier molecular flexibility index (Phi) is 5.97. The van der Waals surface area contributed by atoms with E-state index >= 15 is 0 Å². The SMILES string of the molecule is CCOc1ccc(OCCNc2ccc([N+](=O)[O-])cc2C#N)cc1. The van der Waals surface area contributed by atoms with E-state index in [1.807, 2.05) is 37.3 Å². The first-order valence-corrected chi connectivity index (χ1v) is 7.42. The first-order valence-electron chi connectivity index (χ1n) is 7.42. The van der Waals surface area contributed by atoms with Crippen molar-refractivity contribution in [1.82, 2.24) is 0 Å². The normalized spacial score (nSPS) is 9.83. The topological polar surface area (TPSA) is 97.4 Å². The van der Waals surface area contributed by atoms with Gasteiger partial charge in [-0.15, -0.1) is 0 Å². The Morgan fingerprint density at radius 1 is 1.17 bits per heavy atom. The Balaban J connectivity index is 1.86. The number of rotatable bonds is 8. The quantitative estimate of drug-likeness (QED) is 0.453. The maximum absolute atomic E-state index is 10.7. The van der Waals surface area contributed by atoms with E-state index in [2.05, 4.69) is 5.32 Å². The van der Waals surface area contributed by atoms with Crippen LogP contribution in [0.25, 0.3) is 0 Å². The van der Waals surface area contributed by atoms with Crippen molar-refractivity contribution in [1.29, 1.82) is 5.26 Å². The number of hydrogen-bond acceptors (Lipinski definition) is 6. The molecule has 0 unspecified atom stereocenters. The van der Waals surface area contributed by atoms with Gasteiger partial charge in [0.1, 0.15) is 24.2 Å². The van der Waals surface area contributed by atoms with E-state index in [1.54, 1.807) is 0 Å². The standard InChI is InChI=1S/C17H17N3O4/c1-2-23-15-4-6-16(7-5-15)24-10-9-19-17-8-3-14(20(21)22)11-13(17)12-18/h3-8,11,19H,2,9-10H2,1H3. The highest BCUT2D eigenvalue weighted by Crippen LogP contribution is 2.21. The molecule has 0 heterocycles. The van der Waals surface area contributed by atoms with Gasteiger partial charge in [0.15, 0.2) is 0 Å². The van der Waals surface area contributed by atoms with Crippen LogP contribution < -0.4 is 14.8 Å². The lowest BCUT2D eigenvalue weighted by Gasteiger charge is -2.10. The highest BCUT2D eigenvalue weighted by atomic mass is 16.6. The molecule has 0 spiro atoms. The van der Waals surface area contributed by atoms with Crippen LogP contribution in [0.15, 0.2) is 42.5 Å². The van der Waals surface area contributed by atoms with Crippen LogP contribution in [0.2, 0.25) is 0 Å². The Hall–Kier alpha value is -3.27. The van der Waals surface area contributed by atoms with Crippen molar-refractivity contribution in [2.45, 2.75) is 6.92 Å². The fourth-order valence-corrected chi connectivity index (χ4v) is 2.05. The Bertz CT molecular complexity index is 738. The van der Waals surface area contributed by atoms with E-state index in [0.717, 1.165) is 5.75 Å². The van der Waals surface area contributed by atoms with Crippen LogP contribution in [0, 0.1) is 21.4 Å². The molecule has 0 saturated carbocycles. The van der Waals surface area contributed by atoms with Gasteiger partial charge in [-0.2, -0.15) is 5.26 Å². The number of ether oxygens (including phenoxy) is 2. The molecule has 7 heteroatoms. The molecule has 0 aromatic heterocycles. The van der Waals surface area contributed by atoms with E-state index in [9.17, 15) is 10.1 Å². The third-order valence-corrected chi connectivity index (χ3v) is 3.16. The molecule has 0 aliphatic heterocycles. The highest BCUT2D eigenvalue weighted by Gasteiger charge is 2.10. The highest BCUT2D eigenvalue weighted by molar-refractivity contribution is 5.61. The fourth-order valence-electron chi connectivity index (χ4n) is 2.05. The van der Waals surface area contributed by atoms with Crippen molar-refractivity contribution in [3.63, 3.8) is 0 Å². The van der Waals surface area contributed by atoms with Gasteiger partial charge in [0, 0.05) is 18.7 Å². The van der Waals surface area contributed by atoms with Crippen molar-refractivity contribution >= 4 is 11.4 Å². The number of anilines is 1. The van der Waals surface area contributed by atoms with Crippen LogP contribution in [0.5, 0.6) is 11.5 Å². The van der Waals surface area contributed by atoms with E-state index in [4.69, 9.17) is 14.7 Å². The summed E-state index contributed by atoms with van der Waals surface area (Å²) in [7, 11) is 0. The van der Waals surface area contributed by atoms with Crippen LogP contribution in [-0.2, 0) is 0 Å². The molecular formula is C17H17N3O4. The Morgan fingerprint density at radius 3 is 2.42 bits per heavy atom. The number of benzene rings is 2. The minimum Gasteiger partial charge on any atom is -0.494 e. The molecule has 0 bridgehead atoms. The average molecular weight is 327 g/mol. The molecular weight excluding hydrogens is 310 g/mol. The van der Waals surface area contributed by atoms with Crippen molar-refractivity contribution in [3.05, 3.63) is 58.1 Å². The van der Waals surface area contributed by atoms with Crippen molar-refractivity contribution in [3.8, 4) is 17.6 Å². The lowest BCUT2D eigenvalue weighted by molar-refractivity contribution is -0.384. The molecule has 0 saturated heterocycles. The third-order valence-electron chi connectivity index (χ3n) is 3.16. The molecule has 2 aromatic carbocycles. The molecule has 2 rings (SSSR count). The molecule has 0 radical (unpaired) electrons. The summed E-state index contributed by atoms with van der Waals surface area (Å²) < 4.78 is 10.9. The molecule has 0 aliphatic rings. The molecule has 0 amide bonds. The van der Waals surface area contributed by atoms with Crippen molar-refractivity contribution in [2.24, 2.45) is 0 Å². The van der Waals surface area contributed by atoms with Gasteiger partial charge in [0.2, 0.25) is 0 Å². The van der Waals surface area contributed by atoms with Gasteiger partial charge in [-0.3, -0.25) is 10.1 Å². The number of hydrogen-bond donors (Lipinski definition) is 1. The molecule has 7 nitrogen and oxygen atoms in total. The third kappa shape index (κ3) is 4.61. The summed E-state index contributed by atoms with van der Waals surface area (Å²) in [6.07, 6.45) is 0. The smallest absolute Gasteiger partial charge is 0.270 e. The number of non-ortho nitro benzene ring substituents is 1. The lowest BCUT2D eigenvalue weighted by Crippen LogP contribution is -2.12. The summed E-state index contributed by atoms with van der Waals surface area (Å²) in [5.74, 6) is 1.50.